The Labute approximate surface area is 115 Å². The summed E-state index contributed by atoms with van der Waals surface area (Å²) in [4.78, 5) is 15.9. The number of nitrogens with one attached hydrogen (secondary N) is 1. The first-order valence-electron chi connectivity index (χ1n) is 5.44. The van der Waals surface area contributed by atoms with Crippen LogP contribution < -0.4 is 11.2 Å². The van der Waals surface area contributed by atoms with Gasteiger partial charge in [0.2, 0.25) is 0 Å². The minimum atomic E-state index is -0.499. The fourth-order valence-corrected chi connectivity index (χ4v) is 2.81. The van der Waals surface area contributed by atoms with Crippen molar-refractivity contribution in [2.24, 2.45) is 15.9 Å². The number of carbonyl (C=O) groups is 1. The molecule has 8 heteroatoms. The van der Waals surface area contributed by atoms with Crippen LogP contribution in [0.3, 0.4) is 0 Å². The normalized spacial score (nSPS) is 19.9. The maximum absolute atomic E-state index is 11.5. The fraction of sp³-hybridized carbons (Fsp3) is 0.700. The number of aliphatic imine (C=N–C) groups is 1. The van der Waals surface area contributed by atoms with Crippen molar-refractivity contribution in [2.75, 3.05) is 11.5 Å². The molecule has 1 atom stereocenters. The minimum Gasteiger partial charge on any atom is -0.444 e. The highest BCUT2D eigenvalue weighted by Gasteiger charge is 2.22. The third-order valence-corrected chi connectivity index (χ3v) is 3.62. The van der Waals surface area contributed by atoms with Crippen molar-refractivity contribution in [3.05, 3.63) is 0 Å². The zero-order valence-electron chi connectivity index (χ0n) is 10.7. The Bertz CT molecular complexity index is 352. The molecule has 0 aromatic rings. The van der Waals surface area contributed by atoms with E-state index in [1.807, 2.05) is 20.8 Å². The molecule has 6 nitrogen and oxygen atoms in total. The Morgan fingerprint density at radius 1 is 1.78 bits per heavy atom. The van der Waals surface area contributed by atoms with Gasteiger partial charge in [0.05, 0.1) is 11.6 Å². The molecule has 0 aromatic heterocycles. The van der Waals surface area contributed by atoms with E-state index in [0.29, 0.717) is 5.17 Å². The number of hydrazone groups is 1. The molecule has 0 aliphatic carbocycles. The van der Waals surface area contributed by atoms with Gasteiger partial charge in [0.1, 0.15) is 5.60 Å². The fourth-order valence-electron chi connectivity index (χ4n) is 1.16. The lowest BCUT2D eigenvalue weighted by atomic mass is 10.2. The standard InChI is InChI=1S/C10H18N4O2S2/c1-10(2,3)16-9(15)14-8-13-7(5-18-8)4-17-6-12-11/h6-7H,4-5,11H2,1-3H3,(H,13,14,15). The summed E-state index contributed by atoms with van der Waals surface area (Å²) in [5.41, 5.74) is 1.08. The third kappa shape index (κ3) is 6.15. The second-order valence-corrected chi connectivity index (χ2v) is 6.50. The zero-order valence-corrected chi connectivity index (χ0v) is 12.3. The number of hydrogen-bond acceptors (Lipinski definition) is 7. The van der Waals surface area contributed by atoms with Gasteiger partial charge >= 0.3 is 6.09 Å². The van der Waals surface area contributed by atoms with Crippen molar-refractivity contribution in [2.45, 2.75) is 32.4 Å². The number of amides is 1. The number of thioether (sulfide) groups is 2. The second-order valence-electron chi connectivity index (χ2n) is 4.61. The summed E-state index contributed by atoms with van der Waals surface area (Å²) in [6.07, 6.45) is -0.467. The SMILES string of the molecule is CC(C)(C)OC(=O)NC1=NC(CSC=NN)CS1. The molecule has 3 N–H and O–H groups in total. The van der Waals surface area contributed by atoms with Crippen LogP contribution in [0.5, 0.6) is 0 Å². The number of hydrogen-bond donors (Lipinski definition) is 2. The van der Waals surface area contributed by atoms with Crippen LogP contribution in [0.1, 0.15) is 20.8 Å². The molecule has 0 fully saturated rings. The summed E-state index contributed by atoms with van der Waals surface area (Å²) < 4.78 is 5.15. The number of nitrogens with two attached hydrogens (primary N) is 1. The first-order valence-corrected chi connectivity index (χ1v) is 7.48. The third-order valence-electron chi connectivity index (χ3n) is 1.74. The second kappa shape index (κ2) is 6.89. The van der Waals surface area contributed by atoms with Gasteiger partial charge in [-0.3, -0.25) is 10.3 Å². The van der Waals surface area contributed by atoms with E-state index in [1.54, 1.807) is 5.55 Å². The molecule has 0 radical (unpaired) electrons. The molecule has 0 saturated carbocycles. The van der Waals surface area contributed by atoms with Gasteiger partial charge < -0.3 is 10.6 Å². The molecular weight excluding hydrogens is 272 g/mol. The van der Waals surface area contributed by atoms with Crippen molar-refractivity contribution in [3.8, 4) is 0 Å². The lowest BCUT2D eigenvalue weighted by Crippen LogP contribution is -2.34. The first-order chi connectivity index (χ1) is 8.40. The van der Waals surface area contributed by atoms with Crippen LogP contribution in [-0.2, 0) is 4.74 Å². The zero-order chi connectivity index (χ0) is 13.6. The summed E-state index contributed by atoms with van der Waals surface area (Å²) in [7, 11) is 0. The van der Waals surface area contributed by atoms with Crippen molar-refractivity contribution >= 4 is 40.3 Å². The maximum atomic E-state index is 11.5. The molecule has 0 spiro atoms. The van der Waals surface area contributed by atoms with Gasteiger partial charge in [-0.25, -0.2) is 4.79 Å². The average Bonchev–Trinajstić information content (AvgIpc) is 2.63. The quantitative estimate of drug-likeness (QED) is 0.357. The molecule has 1 aliphatic heterocycles. The number of carbonyl (C=O) groups excluding carboxylic acids is 1. The van der Waals surface area contributed by atoms with E-state index in [9.17, 15) is 4.79 Å². The summed E-state index contributed by atoms with van der Waals surface area (Å²) >= 11 is 3.01. The molecule has 1 amide bonds. The number of amidine groups is 1. The largest absolute Gasteiger partial charge is 0.444 e. The smallest absolute Gasteiger partial charge is 0.413 e. The Hall–Kier alpha value is -0.890. The van der Waals surface area contributed by atoms with Crippen molar-refractivity contribution in [3.63, 3.8) is 0 Å². The number of rotatable bonds is 3. The van der Waals surface area contributed by atoms with E-state index in [2.05, 4.69) is 15.4 Å². The molecule has 1 unspecified atom stereocenters. The Morgan fingerprint density at radius 3 is 3.11 bits per heavy atom. The van der Waals surface area contributed by atoms with Crippen LogP contribution in [0.25, 0.3) is 0 Å². The van der Waals surface area contributed by atoms with Gasteiger partial charge in [-0.2, -0.15) is 5.10 Å². The molecule has 18 heavy (non-hydrogen) atoms. The van der Waals surface area contributed by atoms with Gasteiger partial charge in [0.25, 0.3) is 0 Å². The van der Waals surface area contributed by atoms with Crippen LogP contribution in [0, 0.1) is 0 Å². The highest BCUT2D eigenvalue weighted by Crippen LogP contribution is 2.19. The summed E-state index contributed by atoms with van der Waals surface area (Å²) in [5.74, 6) is 6.64. The molecule has 102 valence electrons. The molecule has 0 saturated heterocycles. The van der Waals surface area contributed by atoms with Gasteiger partial charge in [0.15, 0.2) is 5.17 Å². The predicted molar refractivity (Wildman–Crippen MR) is 78.2 cm³/mol. The van der Waals surface area contributed by atoms with E-state index >= 15 is 0 Å². The Kier molecular flexibility index (Phi) is 5.80. The monoisotopic (exact) mass is 290 g/mol. The highest BCUT2D eigenvalue weighted by molar-refractivity contribution is 8.14. The van der Waals surface area contributed by atoms with Gasteiger partial charge in [-0.1, -0.05) is 11.8 Å². The molecule has 1 rings (SSSR count). The highest BCUT2D eigenvalue weighted by atomic mass is 32.2. The molecule has 1 aliphatic rings. The van der Waals surface area contributed by atoms with Gasteiger partial charge in [-0.15, -0.1) is 11.8 Å². The summed E-state index contributed by atoms with van der Waals surface area (Å²) in [6.45, 7) is 5.46. The van der Waals surface area contributed by atoms with Crippen LogP contribution in [0.15, 0.2) is 10.1 Å². The Morgan fingerprint density at radius 2 is 2.50 bits per heavy atom. The number of ether oxygens (including phenoxy) is 1. The summed E-state index contributed by atoms with van der Waals surface area (Å²) in [6, 6.07) is 0.169. The molecule has 1 heterocycles. The average molecular weight is 290 g/mol. The molecule has 0 aromatic carbocycles. The van der Waals surface area contributed by atoms with Crippen LogP contribution >= 0.6 is 23.5 Å². The summed E-state index contributed by atoms with van der Waals surface area (Å²) in [5, 5.41) is 6.65. The van der Waals surface area contributed by atoms with E-state index in [-0.39, 0.29) is 6.04 Å². The van der Waals surface area contributed by atoms with Crippen LogP contribution in [0.4, 0.5) is 4.79 Å². The number of alkyl carbamates (subject to hydrolysis) is 1. The van der Waals surface area contributed by atoms with Crippen molar-refractivity contribution in [1.82, 2.24) is 5.32 Å². The maximum Gasteiger partial charge on any atom is 0.413 e. The number of nitrogens with zero attached hydrogens (tertiary/aromatic N) is 2. The molecule has 0 bridgehead atoms. The van der Waals surface area contributed by atoms with Gasteiger partial charge in [0, 0.05) is 11.5 Å². The predicted octanol–water partition coefficient (Wildman–Crippen LogP) is 1.62. The topological polar surface area (TPSA) is 89.1 Å². The Balaban J connectivity index is 2.35. The lowest BCUT2D eigenvalue weighted by molar-refractivity contribution is 0.0564. The lowest BCUT2D eigenvalue weighted by Gasteiger charge is -2.19. The van der Waals surface area contributed by atoms with E-state index in [1.165, 1.54) is 23.5 Å². The molecular formula is C10H18N4O2S2. The van der Waals surface area contributed by atoms with E-state index < -0.39 is 11.7 Å². The van der Waals surface area contributed by atoms with E-state index in [0.717, 1.165) is 11.5 Å². The van der Waals surface area contributed by atoms with Crippen molar-refractivity contribution in [1.29, 1.82) is 0 Å². The first kappa shape index (κ1) is 15.2. The van der Waals surface area contributed by atoms with Crippen molar-refractivity contribution < 1.29 is 9.53 Å². The van der Waals surface area contributed by atoms with Crippen LogP contribution in [-0.4, -0.2) is 40.0 Å². The minimum absolute atomic E-state index is 0.169. The van der Waals surface area contributed by atoms with Gasteiger partial charge in [-0.05, 0) is 20.8 Å². The van der Waals surface area contributed by atoms with Crippen LogP contribution in [0.2, 0.25) is 0 Å². The van der Waals surface area contributed by atoms with E-state index in [4.69, 9.17) is 10.6 Å².